The lowest BCUT2D eigenvalue weighted by molar-refractivity contribution is -0.116. The average molecular weight is 306 g/mol. The molecule has 3 N–H and O–H groups in total. The summed E-state index contributed by atoms with van der Waals surface area (Å²) in [6.07, 6.45) is 0. The lowest BCUT2D eigenvalue weighted by atomic mass is 9.98. The number of anilines is 1. The normalized spacial score (nSPS) is 11.7. The highest BCUT2D eigenvalue weighted by atomic mass is 32.1. The molecule has 3 nitrogen and oxygen atoms in total. The number of rotatable bonds is 4. The van der Waals surface area contributed by atoms with Crippen LogP contribution in [0.25, 0.3) is 0 Å². The van der Waals surface area contributed by atoms with E-state index in [0.717, 1.165) is 6.07 Å². The van der Waals surface area contributed by atoms with Crippen LogP contribution in [0.1, 0.15) is 11.5 Å². The Balaban J connectivity index is 2.28. The van der Waals surface area contributed by atoms with Crippen molar-refractivity contribution in [1.82, 2.24) is 0 Å². The summed E-state index contributed by atoms with van der Waals surface area (Å²) in [5, 5.41) is 2.31. The highest BCUT2D eigenvalue weighted by Gasteiger charge is 2.24. The lowest BCUT2D eigenvalue weighted by Gasteiger charge is -2.16. The molecule has 0 aliphatic heterocycles. The molecule has 0 saturated carbocycles. The molecule has 1 atom stereocenters. The largest absolute Gasteiger partial charge is 0.392 e. The molecule has 0 bridgehead atoms. The molecule has 0 fully saturated rings. The Hall–Kier alpha value is -2.34. The Bertz CT molecular complexity index is 677. The summed E-state index contributed by atoms with van der Waals surface area (Å²) < 4.78 is 26.7. The van der Waals surface area contributed by atoms with Gasteiger partial charge in [0.25, 0.3) is 0 Å². The zero-order valence-electron chi connectivity index (χ0n) is 10.8. The summed E-state index contributed by atoms with van der Waals surface area (Å²) in [7, 11) is 0. The number of benzene rings is 2. The second-order valence-electron chi connectivity index (χ2n) is 4.34. The minimum Gasteiger partial charge on any atom is -0.392 e. The van der Waals surface area contributed by atoms with E-state index in [9.17, 15) is 13.6 Å². The van der Waals surface area contributed by atoms with Gasteiger partial charge in [-0.2, -0.15) is 0 Å². The molecule has 0 radical (unpaired) electrons. The van der Waals surface area contributed by atoms with Gasteiger partial charge in [-0.1, -0.05) is 48.6 Å². The number of thiocarbonyl (C=S) groups is 1. The van der Waals surface area contributed by atoms with Crippen molar-refractivity contribution in [3.8, 4) is 0 Å². The van der Waals surface area contributed by atoms with Gasteiger partial charge in [-0.3, -0.25) is 4.79 Å². The first-order valence-electron chi connectivity index (χ1n) is 6.10. The monoisotopic (exact) mass is 306 g/mol. The predicted octanol–water partition coefficient (Wildman–Crippen LogP) is 2.97. The summed E-state index contributed by atoms with van der Waals surface area (Å²) in [6, 6.07) is 12.1. The van der Waals surface area contributed by atoms with Gasteiger partial charge in [-0.25, -0.2) is 8.78 Å². The van der Waals surface area contributed by atoms with Gasteiger partial charge in [0, 0.05) is 0 Å². The summed E-state index contributed by atoms with van der Waals surface area (Å²) in [6.45, 7) is 0. The zero-order chi connectivity index (χ0) is 15.4. The molecule has 0 saturated heterocycles. The van der Waals surface area contributed by atoms with E-state index in [1.54, 1.807) is 30.3 Å². The molecule has 2 rings (SSSR count). The fourth-order valence-electron chi connectivity index (χ4n) is 1.90. The van der Waals surface area contributed by atoms with E-state index in [4.69, 9.17) is 18.0 Å². The van der Waals surface area contributed by atoms with Crippen molar-refractivity contribution in [3.05, 3.63) is 65.7 Å². The Kier molecular flexibility index (Phi) is 4.59. The van der Waals surface area contributed by atoms with Crippen molar-refractivity contribution in [2.45, 2.75) is 5.92 Å². The second-order valence-corrected chi connectivity index (χ2v) is 4.81. The van der Waals surface area contributed by atoms with Crippen LogP contribution in [0.15, 0.2) is 48.5 Å². The van der Waals surface area contributed by atoms with E-state index in [1.807, 2.05) is 0 Å². The number of carbonyl (C=O) groups is 1. The van der Waals surface area contributed by atoms with Crippen LogP contribution in [-0.2, 0) is 4.79 Å². The van der Waals surface area contributed by atoms with Crippen LogP contribution >= 0.6 is 12.2 Å². The molecule has 1 unspecified atom stereocenters. The summed E-state index contributed by atoms with van der Waals surface area (Å²) in [4.78, 5) is 12.2. The smallest absolute Gasteiger partial charge is 0.238 e. The van der Waals surface area contributed by atoms with Crippen LogP contribution in [0, 0.1) is 11.6 Å². The second kappa shape index (κ2) is 6.41. The lowest BCUT2D eigenvalue weighted by Crippen LogP contribution is -2.31. The van der Waals surface area contributed by atoms with E-state index in [-0.39, 0.29) is 10.7 Å². The topological polar surface area (TPSA) is 55.1 Å². The van der Waals surface area contributed by atoms with Crippen LogP contribution in [-0.4, -0.2) is 10.9 Å². The first-order valence-corrected chi connectivity index (χ1v) is 6.50. The van der Waals surface area contributed by atoms with E-state index in [1.165, 1.54) is 12.1 Å². The maximum atomic E-state index is 13.6. The summed E-state index contributed by atoms with van der Waals surface area (Å²) in [5.41, 5.74) is 5.92. The minimum atomic E-state index is -1.12. The highest BCUT2D eigenvalue weighted by molar-refractivity contribution is 7.80. The van der Waals surface area contributed by atoms with E-state index >= 15 is 0 Å². The number of carbonyl (C=O) groups excluding carboxylic acids is 1. The predicted molar refractivity (Wildman–Crippen MR) is 81.0 cm³/mol. The van der Waals surface area contributed by atoms with Crippen molar-refractivity contribution in [1.29, 1.82) is 0 Å². The molecule has 1 amide bonds. The van der Waals surface area contributed by atoms with Crippen molar-refractivity contribution >= 4 is 28.8 Å². The fraction of sp³-hybridized carbons (Fsp3) is 0.0667. The van der Waals surface area contributed by atoms with Gasteiger partial charge in [-0.15, -0.1) is 0 Å². The SMILES string of the molecule is NC(=S)C(C(=O)Nc1cccc(F)c1F)c1ccccc1. The number of nitrogens with one attached hydrogen (secondary N) is 1. The first-order chi connectivity index (χ1) is 10.0. The number of hydrogen-bond acceptors (Lipinski definition) is 2. The van der Waals surface area contributed by atoms with Crippen molar-refractivity contribution in [3.63, 3.8) is 0 Å². The summed E-state index contributed by atoms with van der Waals surface area (Å²) in [5.74, 6) is -3.69. The number of amides is 1. The van der Waals surface area contributed by atoms with Gasteiger partial charge in [0.05, 0.1) is 10.7 Å². The molecular weight excluding hydrogens is 294 g/mol. The van der Waals surface area contributed by atoms with Crippen molar-refractivity contribution in [2.24, 2.45) is 5.73 Å². The molecule has 0 heterocycles. The maximum absolute atomic E-state index is 13.6. The van der Waals surface area contributed by atoms with Gasteiger partial charge in [0.2, 0.25) is 5.91 Å². The van der Waals surface area contributed by atoms with Crippen LogP contribution in [0.3, 0.4) is 0 Å². The van der Waals surface area contributed by atoms with E-state index in [0.29, 0.717) is 5.56 Å². The summed E-state index contributed by atoms with van der Waals surface area (Å²) >= 11 is 4.90. The zero-order valence-corrected chi connectivity index (χ0v) is 11.7. The van der Waals surface area contributed by atoms with Gasteiger partial charge in [0.1, 0.15) is 5.92 Å². The van der Waals surface area contributed by atoms with Gasteiger partial charge >= 0.3 is 0 Å². The quantitative estimate of drug-likeness (QED) is 0.854. The number of hydrogen-bond donors (Lipinski definition) is 2. The van der Waals surface area contributed by atoms with Crippen LogP contribution < -0.4 is 11.1 Å². The molecule has 0 aromatic heterocycles. The molecular formula is C15H12F2N2OS. The van der Waals surface area contributed by atoms with Crippen molar-refractivity contribution in [2.75, 3.05) is 5.32 Å². The number of halogens is 2. The Morgan fingerprint density at radius 3 is 2.38 bits per heavy atom. The van der Waals surface area contributed by atoms with Gasteiger partial charge < -0.3 is 11.1 Å². The van der Waals surface area contributed by atoms with Crippen LogP contribution in [0.4, 0.5) is 14.5 Å². The first kappa shape index (κ1) is 15.1. The molecule has 6 heteroatoms. The third-order valence-electron chi connectivity index (χ3n) is 2.89. The number of nitrogens with two attached hydrogens (primary N) is 1. The molecule has 0 aliphatic rings. The molecule has 2 aromatic carbocycles. The highest BCUT2D eigenvalue weighted by Crippen LogP contribution is 2.21. The molecule has 21 heavy (non-hydrogen) atoms. The van der Waals surface area contributed by atoms with Crippen LogP contribution in [0.5, 0.6) is 0 Å². The fourth-order valence-corrected chi connectivity index (χ4v) is 2.14. The van der Waals surface area contributed by atoms with Crippen LogP contribution in [0.2, 0.25) is 0 Å². The van der Waals surface area contributed by atoms with Gasteiger partial charge in [-0.05, 0) is 17.7 Å². The molecule has 0 aliphatic carbocycles. The standard InChI is InChI=1S/C15H12F2N2OS/c16-10-7-4-8-11(13(10)17)19-15(20)12(14(18)21)9-5-2-1-3-6-9/h1-8,12H,(H2,18,21)(H,19,20). The molecule has 0 spiro atoms. The third-order valence-corrected chi connectivity index (χ3v) is 3.12. The van der Waals surface area contributed by atoms with Crippen molar-refractivity contribution < 1.29 is 13.6 Å². The van der Waals surface area contributed by atoms with E-state index < -0.39 is 23.5 Å². The Labute approximate surface area is 125 Å². The third kappa shape index (κ3) is 3.41. The maximum Gasteiger partial charge on any atom is 0.238 e. The Morgan fingerprint density at radius 1 is 1.10 bits per heavy atom. The Morgan fingerprint density at radius 2 is 1.76 bits per heavy atom. The average Bonchev–Trinajstić information content (AvgIpc) is 2.45. The molecule has 108 valence electrons. The van der Waals surface area contributed by atoms with E-state index in [2.05, 4.69) is 5.32 Å². The molecule has 2 aromatic rings. The minimum absolute atomic E-state index is 0.0458. The van der Waals surface area contributed by atoms with Gasteiger partial charge in [0.15, 0.2) is 11.6 Å².